The first-order valence-corrected chi connectivity index (χ1v) is 10.6. The molecular weight excluding hydrogens is 414 g/mol. The molecule has 0 bridgehead atoms. The van der Waals surface area contributed by atoms with Crippen LogP contribution in [0.15, 0.2) is 91.0 Å². The third-order valence-corrected chi connectivity index (χ3v) is 5.36. The van der Waals surface area contributed by atoms with Crippen LogP contribution in [0.2, 0.25) is 0 Å². The maximum Gasteiger partial charge on any atom is 0.290 e. The second-order valence-electron chi connectivity index (χ2n) is 7.61. The lowest BCUT2D eigenvalue weighted by molar-refractivity contribution is -0.355. The van der Waals surface area contributed by atoms with Gasteiger partial charge in [0.1, 0.15) is 0 Å². The monoisotopic (exact) mass is 435 g/mol. The van der Waals surface area contributed by atoms with Crippen molar-refractivity contribution < 1.29 is 9.53 Å². The molecule has 0 saturated carbocycles. The average Bonchev–Trinajstić information content (AvgIpc) is 3.13. The summed E-state index contributed by atoms with van der Waals surface area (Å²) >= 11 is 0. The highest BCUT2D eigenvalue weighted by molar-refractivity contribution is 6.51. The van der Waals surface area contributed by atoms with Crippen LogP contribution in [0.4, 0.5) is 17.5 Å². The third-order valence-electron chi connectivity index (χ3n) is 5.36. The Bertz CT molecular complexity index is 1320. The van der Waals surface area contributed by atoms with Gasteiger partial charge in [0.25, 0.3) is 17.2 Å². The predicted octanol–water partition coefficient (Wildman–Crippen LogP) is 4.53. The number of carbonyl (C=O) groups excluding carboxylic acids is 1. The summed E-state index contributed by atoms with van der Waals surface area (Å²) < 4.78 is 0.640. The van der Waals surface area contributed by atoms with Crippen LogP contribution in [-0.2, 0) is 13.1 Å². The second-order valence-corrected chi connectivity index (χ2v) is 7.61. The van der Waals surface area contributed by atoms with Gasteiger partial charge in [0.2, 0.25) is 11.8 Å². The molecule has 7 heteroatoms. The Hall–Kier alpha value is -4.52. The first-order valence-electron chi connectivity index (χ1n) is 10.6. The molecule has 162 valence electrons. The molecule has 1 aliphatic heterocycles. The van der Waals surface area contributed by atoms with Crippen molar-refractivity contribution in [2.24, 2.45) is 0 Å². The number of hydrogen-bond donors (Lipinski definition) is 2. The number of rotatable bonds is 7. The molecule has 1 aromatic heterocycles. The fourth-order valence-corrected chi connectivity index (χ4v) is 3.73. The van der Waals surface area contributed by atoms with Crippen LogP contribution < -0.4 is 10.6 Å². The SMILES string of the molecule is O=C1C(c2ccccc2)=[N+]([O-])c2c(NCc3ccccc3)nc(NCc3ccccc3)nc21. The van der Waals surface area contributed by atoms with Crippen LogP contribution >= 0.6 is 0 Å². The van der Waals surface area contributed by atoms with E-state index in [0.29, 0.717) is 29.2 Å². The van der Waals surface area contributed by atoms with Gasteiger partial charge in [-0.1, -0.05) is 78.9 Å². The number of benzene rings is 3. The molecular formula is C26H21N5O2. The zero-order valence-electron chi connectivity index (χ0n) is 17.7. The van der Waals surface area contributed by atoms with Gasteiger partial charge in [-0.2, -0.15) is 9.72 Å². The Balaban J connectivity index is 1.52. The maximum atomic E-state index is 13.2. The molecule has 0 atom stereocenters. The summed E-state index contributed by atoms with van der Waals surface area (Å²) in [5.74, 6) is 0.178. The minimum Gasteiger partial charge on any atom is -0.618 e. The fourth-order valence-electron chi connectivity index (χ4n) is 3.73. The van der Waals surface area contributed by atoms with Crippen molar-refractivity contribution in [1.82, 2.24) is 9.97 Å². The molecule has 4 aromatic rings. The Morgan fingerprint density at radius 3 is 1.88 bits per heavy atom. The van der Waals surface area contributed by atoms with Crippen LogP contribution in [-0.4, -0.2) is 26.2 Å². The van der Waals surface area contributed by atoms with E-state index in [1.807, 2.05) is 66.7 Å². The topological polar surface area (TPSA) is 93.0 Å². The number of fused-ring (bicyclic) bond motifs is 1. The van der Waals surface area contributed by atoms with Crippen LogP contribution in [0.3, 0.4) is 0 Å². The molecule has 0 unspecified atom stereocenters. The summed E-state index contributed by atoms with van der Waals surface area (Å²) in [4.78, 5) is 22.2. The molecule has 2 heterocycles. The van der Waals surface area contributed by atoms with E-state index in [4.69, 9.17) is 0 Å². The molecule has 1 aliphatic rings. The summed E-state index contributed by atoms with van der Waals surface area (Å²) in [6.07, 6.45) is 0. The maximum absolute atomic E-state index is 13.2. The Kier molecular flexibility index (Phi) is 5.51. The molecule has 2 N–H and O–H groups in total. The van der Waals surface area contributed by atoms with E-state index < -0.39 is 5.78 Å². The molecule has 0 radical (unpaired) electrons. The predicted molar refractivity (Wildman–Crippen MR) is 128 cm³/mol. The molecule has 0 spiro atoms. The third kappa shape index (κ3) is 4.16. The van der Waals surface area contributed by atoms with Gasteiger partial charge < -0.3 is 15.8 Å². The van der Waals surface area contributed by atoms with Crippen molar-refractivity contribution in [2.45, 2.75) is 13.1 Å². The molecule has 0 fully saturated rings. The highest BCUT2D eigenvalue weighted by atomic mass is 16.5. The quantitative estimate of drug-likeness (QED) is 0.327. The van der Waals surface area contributed by atoms with E-state index in [1.165, 1.54) is 0 Å². The largest absolute Gasteiger partial charge is 0.618 e. The van der Waals surface area contributed by atoms with E-state index >= 15 is 0 Å². The number of aromatic nitrogens is 2. The van der Waals surface area contributed by atoms with Crippen molar-refractivity contribution in [3.05, 3.63) is 119 Å². The second kappa shape index (κ2) is 8.92. The van der Waals surface area contributed by atoms with Crippen molar-refractivity contribution in [3.63, 3.8) is 0 Å². The van der Waals surface area contributed by atoms with Gasteiger partial charge in [-0.25, -0.2) is 4.98 Å². The molecule has 0 saturated heterocycles. The van der Waals surface area contributed by atoms with Gasteiger partial charge in [0, 0.05) is 13.1 Å². The molecule has 5 rings (SSSR count). The fraction of sp³-hybridized carbons (Fsp3) is 0.0769. The number of nitrogens with one attached hydrogen (secondary N) is 2. The summed E-state index contributed by atoms with van der Waals surface area (Å²) in [7, 11) is 0. The smallest absolute Gasteiger partial charge is 0.290 e. The first kappa shape index (κ1) is 20.4. The summed E-state index contributed by atoms with van der Waals surface area (Å²) in [5, 5.41) is 19.6. The lowest BCUT2D eigenvalue weighted by atomic mass is 10.1. The van der Waals surface area contributed by atoms with Gasteiger partial charge >= 0.3 is 0 Å². The first-order chi connectivity index (χ1) is 16.2. The van der Waals surface area contributed by atoms with E-state index in [-0.39, 0.29) is 23.0 Å². The van der Waals surface area contributed by atoms with E-state index in [1.54, 1.807) is 24.3 Å². The van der Waals surface area contributed by atoms with Gasteiger partial charge in [0.15, 0.2) is 5.69 Å². The van der Waals surface area contributed by atoms with Crippen molar-refractivity contribution >= 4 is 28.9 Å². The number of nitrogens with zero attached hydrogens (tertiary/aromatic N) is 3. The number of Topliss-reactive ketones (excluding diaryl/α,β-unsaturated/α-hetero) is 1. The highest BCUT2D eigenvalue weighted by Gasteiger charge is 2.41. The number of hydrogen-bond acceptors (Lipinski definition) is 6. The molecule has 33 heavy (non-hydrogen) atoms. The standard InChI is InChI=1S/C26H21N5O2/c32-24-21-23(31(33)22(24)20-14-8-3-9-15-20)25(27-16-18-10-4-1-5-11-18)30-26(29-21)28-17-19-12-6-2-7-13-19/h1-15H,16-17H2,(H2,27,28,29,30). The summed E-state index contributed by atoms with van der Waals surface area (Å²) in [6.45, 7) is 0.938. The van der Waals surface area contributed by atoms with Crippen LogP contribution in [0.25, 0.3) is 0 Å². The van der Waals surface area contributed by atoms with Crippen molar-refractivity contribution in [2.75, 3.05) is 10.6 Å². The van der Waals surface area contributed by atoms with Crippen LogP contribution in [0.1, 0.15) is 27.2 Å². The molecule has 7 nitrogen and oxygen atoms in total. The van der Waals surface area contributed by atoms with Crippen LogP contribution in [0.5, 0.6) is 0 Å². The molecule has 3 aromatic carbocycles. The van der Waals surface area contributed by atoms with Crippen molar-refractivity contribution in [3.8, 4) is 0 Å². The van der Waals surface area contributed by atoms with Gasteiger partial charge in [-0.15, -0.1) is 0 Å². The normalized spacial score (nSPS) is 12.5. The lowest BCUT2D eigenvalue weighted by Crippen LogP contribution is -2.17. The zero-order valence-corrected chi connectivity index (χ0v) is 17.7. The Morgan fingerprint density at radius 1 is 0.727 bits per heavy atom. The lowest BCUT2D eigenvalue weighted by Gasteiger charge is -2.12. The minimum atomic E-state index is -0.417. The summed E-state index contributed by atoms with van der Waals surface area (Å²) in [6, 6.07) is 28.5. The van der Waals surface area contributed by atoms with Gasteiger partial charge in [-0.3, -0.25) is 4.79 Å². The van der Waals surface area contributed by atoms with Gasteiger partial charge in [0.05, 0.1) is 5.56 Å². The number of ketones is 1. The van der Waals surface area contributed by atoms with Gasteiger partial charge in [-0.05, 0) is 23.3 Å². The summed E-state index contributed by atoms with van der Waals surface area (Å²) in [5.41, 5.74) is 2.89. The minimum absolute atomic E-state index is 0.0443. The van der Waals surface area contributed by atoms with Crippen molar-refractivity contribution in [1.29, 1.82) is 0 Å². The van der Waals surface area contributed by atoms with Crippen LogP contribution in [0, 0.1) is 5.21 Å². The molecule has 0 amide bonds. The van der Waals surface area contributed by atoms with E-state index in [9.17, 15) is 10.0 Å². The highest BCUT2D eigenvalue weighted by Crippen LogP contribution is 2.34. The zero-order chi connectivity index (χ0) is 22.6. The Morgan fingerprint density at radius 2 is 1.27 bits per heavy atom. The van der Waals surface area contributed by atoms with E-state index in [0.717, 1.165) is 11.1 Å². The Labute approximate surface area is 191 Å². The average molecular weight is 435 g/mol. The number of carbonyl (C=O) groups is 1. The number of anilines is 2. The molecule has 0 aliphatic carbocycles. The van der Waals surface area contributed by atoms with E-state index in [2.05, 4.69) is 20.6 Å².